The minimum absolute atomic E-state index is 0.193. The van der Waals surface area contributed by atoms with Crippen molar-refractivity contribution in [3.8, 4) is 5.75 Å². The lowest BCUT2D eigenvalue weighted by Gasteiger charge is -2.52. The van der Waals surface area contributed by atoms with Gasteiger partial charge in [0.1, 0.15) is 5.75 Å². The van der Waals surface area contributed by atoms with Crippen LogP contribution in [0.2, 0.25) is 0 Å². The van der Waals surface area contributed by atoms with Crippen molar-refractivity contribution < 1.29 is 45.6 Å². The molecule has 6 atom stereocenters. The predicted octanol–water partition coefficient (Wildman–Crippen LogP) is 7.40. The van der Waals surface area contributed by atoms with E-state index in [1.807, 2.05) is 12.1 Å². The maximum atomic E-state index is 13.3. The van der Waals surface area contributed by atoms with Gasteiger partial charge in [0.25, 0.3) is 0 Å². The minimum atomic E-state index is -5.60. The van der Waals surface area contributed by atoms with Crippen molar-refractivity contribution in [2.24, 2.45) is 28.3 Å². The first kappa shape index (κ1) is 37.4. The first-order chi connectivity index (χ1) is 23.8. The molecule has 2 heterocycles. The minimum Gasteiger partial charge on any atom is -0.411 e. The van der Waals surface area contributed by atoms with Gasteiger partial charge in [-0.05, 0) is 111 Å². The molecule has 1 unspecified atom stereocenters. The van der Waals surface area contributed by atoms with Crippen LogP contribution in [0.25, 0.3) is 0 Å². The normalized spacial score (nSPS) is 30.8. The zero-order valence-electron chi connectivity index (χ0n) is 28.8. The average Bonchev–Trinajstić information content (AvgIpc) is 3.44. The number of morpholine rings is 1. The number of fused-ring (bicyclic) bond motifs is 5. The summed E-state index contributed by atoms with van der Waals surface area (Å²) in [7, 11) is -1.50. The fourth-order valence-electron chi connectivity index (χ4n) is 9.79. The number of carbonyl (C=O) groups is 1. The van der Waals surface area contributed by atoms with E-state index in [4.69, 9.17) is 9.47 Å². The smallest absolute Gasteiger partial charge is 0.411 e. The summed E-state index contributed by atoms with van der Waals surface area (Å²) >= 11 is 0. The van der Waals surface area contributed by atoms with Crippen LogP contribution in [0, 0.1) is 23.2 Å². The molecule has 2 saturated heterocycles. The summed E-state index contributed by atoms with van der Waals surface area (Å²) in [6, 6.07) is 6.42. The Balaban J connectivity index is 1.10. The summed E-state index contributed by atoms with van der Waals surface area (Å²) in [4.78, 5) is 17.5. The number of likely N-dealkylation sites (tertiary alicyclic amines) is 1. The van der Waals surface area contributed by atoms with Crippen LogP contribution in [0.3, 0.4) is 0 Å². The Morgan fingerprint density at radius 1 is 1.06 bits per heavy atom. The molecule has 6 rings (SSSR count). The number of rotatable bonds is 10. The van der Waals surface area contributed by atoms with Gasteiger partial charge in [-0.25, -0.2) is 4.79 Å². The number of hydrogen-bond donors (Lipinski definition) is 1. The average molecular weight is 732 g/mol. The lowest BCUT2D eigenvalue weighted by Crippen LogP contribution is -2.50. The number of hydrogen-bond acceptors (Lipinski definition) is 7. The third-order valence-electron chi connectivity index (χ3n) is 12.4. The van der Waals surface area contributed by atoms with Crippen molar-refractivity contribution in [3.05, 3.63) is 29.3 Å². The number of alkyl halides is 5. The Morgan fingerprint density at radius 3 is 2.48 bits per heavy atom. The van der Waals surface area contributed by atoms with Crippen molar-refractivity contribution >= 4 is 22.6 Å². The van der Waals surface area contributed by atoms with E-state index in [0.717, 1.165) is 88.9 Å². The van der Waals surface area contributed by atoms with Crippen LogP contribution in [0.15, 0.2) is 23.4 Å². The van der Waals surface area contributed by atoms with E-state index in [-0.39, 0.29) is 34.8 Å². The Bertz CT molecular complexity index is 1410. The lowest BCUT2D eigenvalue weighted by molar-refractivity contribution is -0.284. The summed E-state index contributed by atoms with van der Waals surface area (Å²) in [5, 5.41) is 13.5. The van der Waals surface area contributed by atoms with Gasteiger partial charge in [0, 0.05) is 66.4 Å². The Kier molecular flexibility index (Phi) is 11.5. The molecule has 280 valence electrons. The van der Waals surface area contributed by atoms with Gasteiger partial charge in [-0.15, -0.1) is 0 Å². The van der Waals surface area contributed by atoms with Gasteiger partial charge in [-0.1, -0.05) is 18.1 Å². The van der Waals surface area contributed by atoms with E-state index in [0.29, 0.717) is 43.1 Å². The molecule has 2 aliphatic heterocycles. The van der Waals surface area contributed by atoms with Gasteiger partial charge >= 0.3 is 18.2 Å². The largest absolute Gasteiger partial charge is 0.453 e. The lowest BCUT2D eigenvalue weighted by atomic mass is 9.52. The van der Waals surface area contributed by atoms with E-state index in [9.17, 15) is 36.2 Å². The molecule has 14 heteroatoms. The molecule has 4 fully saturated rings. The Labute approximate surface area is 293 Å². The second-order valence-corrected chi connectivity index (χ2v) is 16.9. The molecule has 0 bridgehead atoms. The summed E-state index contributed by atoms with van der Waals surface area (Å²) in [5.74, 6) is -3.16. The quantitative estimate of drug-likeness (QED) is 0.153. The summed E-state index contributed by atoms with van der Waals surface area (Å²) in [5.41, 5.74) is 3.02. The number of piperidine rings is 1. The molecule has 1 amide bonds. The van der Waals surface area contributed by atoms with Crippen LogP contribution < -0.4 is 4.74 Å². The topological polar surface area (TPSA) is 91.7 Å². The van der Waals surface area contributed by atoms with Crippen LogP contribution in [0.4, 0.5) is 26.7 Å². The summed E-state index contributed by atoms with van der Waals surface area (Å²) < 4.78 is 88.4. The van der Waals surface area contributed by atoms with E-state index >= 15 is 0 Å². The van der Waals surface area contributed by atoms with E-state index in [1.54, 1.807) is 4.90 Å². The zero-order chi connectivity index (χ0) is 35.7. The Morgan fingerprint density at radius 2 is 1.78 bits per heavy atom. The maximum absolute atomic E-state index is 13.3. The molecular formula is C36H50F5N3O5S. The highest BCUT2D eigenvalue weighted by molar-refractivity contribution is 7.84. The molecular weight excluding hydrogens is 681 g/mol. The van der Waals surface area contributed by atoms with Gasteiger partial charge in [0.2, 0.25) is 0 Å². The molecule has 0 spiro atoms. The van der Waals surface area contributed by atoms with Gasteiger partial charge in [0.15, 0.2) is 0 Å². The molecule has 8 nitrogen and oxygen atoms in total. The zero-order valence-corrected chi connectivity index (χ0v) is 29.6. The molecule has 0 radical (unpaired) electrons. The number of amides is 1. The number of carbonyl (C=O) groups excluding carboxylic acids is 1. The first-order valence-corrected chi connectivity index (χ1v) is 19.7. The second-order valence-electron chi connectivity index (χ2n) is 15.2. The van der Waals surface area contributed by atoms with Crippen LogP contribution in [0.5, 0.6) is 5.75 Å². The van der Waals surface area contributed by atoms with Crippen LogP contribution in [-0.4, -0.2) is 100 Å². The van der Waals surface area contributed by atoms with Crippen LogP contribution in [0.1, 0.15) is 88.2 Å². The van der Waals surface area contributed by atoms with Crippen LogP contribution >= 0.6 is 0 Å². The molecule has 50 heavy (non-hydrogen) atoms. The van der Waals surface area contributed by atoms with E-state index in [2.05, 4.69) is 23.0 Å². The van der Waals surface area contributed by atoms with Crippen molar-refractivity contribution in [1.82, 2.24) is 9.80 Å². The van der Waals surface area contributed by atoms with Crippen LogP contribution in [-0.2, 0) is 22.0 Å². The number of nitrogens with zero attached hydrogens (tertiary/aromatic N) is 3. The predicted molar refractivity (Wildman–Crippen MR) is 180 cm³/mol. The highest BCUT2D eigenvalue weighted by atomic mass is 32.2. The summed E-state index contributed by atoms with van der Waals surface area (Å²) in [6.45, 7) is 6.83. The SMILES string of the molecule is C[C@]12CC[C@@H]3c4ccc(OC(=O)N5CCC(N6CCOCC6)CC5)cc4C[C@@H](CCCS(=O)CCCC(F)(F)C(F)(F)F)[C@H]3[C@@H]1CC/C2=N/O. The molecule has 3 aliphatic carbocycles. The fraction of sp³-hybridized carbons (Fsp3) is 0.778. The number of benzene rings is 1. The first-order valence-electron chi connectivity index (χ1n) is 18.2. The molecule has 1 aromatic rings. The third kappa shape index (κ3) is 7.86. The van der Waals surface area contributed by atoms with Gasteiger partial charge in [0.05, 0.1) is 18.9 Å². The highest BCUT2D eigenvalue weighted by Gasteiger charge is 2.57. The van der Waals surface area contributed by atoms with Gasteiger partial charge < -0.3 is 19.6 Å². The molecule has 1 N–H and O–H groups in total. The van der Waals surface area contributed by atoms with Crippen molar-refractivity contribution in [2.75, 3.05) is 50.9 Å². The standard InChI is InChI=1S/C36H50F5N3O5S/c1-34-13-9-29-28-6-5-27(49-33(45)44-14-10-26(11-15-44)43-16-18-48-19-17-43)23-25(28)22-24(32(29)30(34)7-8-31(34)42-46)4-2-20-50(47)21-3-12-35(37,38)36(39,40)41/h5-6,23-24,26,29-30,32,46H,2-4,7-22H2,1H3/b42-31-/t24-,29-,30+,32-,34+,50?/m1/s1. The van der Waals surface area contributed by atoms with Crippen molar-refractivity contribution in [3.63, 3.8) is 0 Å². The molecule has 0 aromatic heterocycles. The number of ether oxygens (including phenoxy) is 2. The monoisotopic (exact) mass is 731 g/mol. The number of halogens is 5. The van der Waals surface area contributed by atoms with Gasteiger partial charge in [-0.3, -0.25) is 9.11 Å². The second kappa shape index (κ2) is 15.3. The van der Waals surface area contributed by atoms with Gasteiger partial charge in [-0.2, -0.15) is 22.0 Å². The van der Waals surface area contributed by atoms with Crippen molar-refractivity contribution in [2.45, 2.75) is 102 Å². The summed E-state index contributed by atoms with van der Waals surface area (Å²) in [6.07, 6.45) is -0.479. The number of oxime groups is 1. The fourth-order valence-corrected chi connectivity index (χ4v) is 11.0. The molecule has 5 aliphatic rings. The van der Waals surface area contributed by atoms with Crippen molar-refractivity contribution in [1.29, 1.82) is 0 Å². The highest BCUT2D eigenvalue weighted by Crippen LogP contribution is 2.62. The maximum Gasteiger partial charge on any atom is 0.453 e. The molecule has 1 aromatic carbocycles. The Hall–Kier alpha value is -2.32. The molecule has 2 saturated carbocycles. The third-order valence-corrected chi connectivity index (χ3v) is 13.9. The van der Waals surface area contributed by atoms with E-state index in [1.165, 1.54) is 5.56 Å². The van der Waals surface area contributed by atoms with E-state index < -0.39 is 35.7 Å².